The lowest BCUT2D eigenvalue weighted by Crippen LogP contribution is -2.16. The summed E-state index contributed by atoms with van der Waals surface area (Å²) in [5, 5.41) is 10.2. The number of rotatable bonds is 7. The lowest BCUT2D eigenvalue weighted by Gasteiger charge is -2.08. The van der Waals surface area contributed by atoms with Crippen molar-refractivity contribution >= 4 is 22.7 Å². The molecule has 0 radical (unpaired) electrons. The minimum Gasteiger partial charge on any atom is -0.508 e. The van der Waals surface area contributed by atoms with Gasteiger partial charge in [0.2, 0.25) is 5.78 Å². The van der Waals surface area contributed by atoms with Gasteiger partial charge in [-0.1, -0.05) is 0 Å². The maximum Gasteiger partial charge on any atom is 0.310 e. The number of phenolic OH excluding ortho intramolecular Hbond substituents is 1. The fraction of sp³-hybridized carbons (Fsp3) is 0.217. The van der Waals surface area contributed by atoms with Crippen LogP contribution < -0.4 is 0 Å². The summed E-state index contributed by atoms with van der Waals surface area (Å²) < 4.78 is 17.9. The predicted octanol–water partition coefficient (Wildman–Crippen LogP) is 4.17. The van der Waals surface area contributed by atoms with Crippen LogP contribution in [0.1, 0.15) is 33.1 Å². The fourth-order valence-corrected chi connectivity index (χ4v) is 3.52. The van der Waals surface area contributed by atoms with Gasteiger partial charge in [-0.3, -0.25) is 9.59 Å². The zero-order valence-corrected chi connectivity index (χ0v) is 16.7. The van der Waals surface area contributed by atoms with E-state index in [9.17, 15) is 14.7 Å². The third-order valence-electron chi connectivity index (χ3n) is 5.11. The molecule has 0 unspecified atom stereocenters. The molecule has 0 aliphatic rings. The van der Waals surface area contributed by atoms with Gasteiger partial charge in [-0.15, -0.1) is 0 Å². The third-order valence-corrected chi connectivity index (χ3v) is 5.11. The lowest BCUT2D eigenvalue weighted by molar-refractivity contribution is -0.141. The van der Waals surface area contributed by atoms with E-state index in [-0.39, 0.29) is 24.6 Å². The van der Waals surface area contributed by atoms with Gasteiger partial charge in [0, 0.05) is 34.0 Å². The smallest absolute Gasteiger partial charge is 0.310 e. The number of fused-ring (bicyclic) bond motifs is 1. The van der Waals surface area contributed by atoms with Crippen molar-refractivity contribution in [2.75, 3.05) is 6.61 Å². The number of phenols is 1. The summed E-state index contributed by atoms with van der Waals surface area (Å²) in [7, 11) is 0. The first-order valence-electron chi connectivity index (χ1n) is 9.49. The number of ketones is 1. The molecule has 7 heteroatoms. The van der Waals surface area contributed by atoms with Crippen molar-refractivity contribution in [2.24, 2.45) is 0 Å². The fourth-order valence-electron chi connectivity index (χ4n) is 3.52. The van der Waals surface area contributed by atoms with Crippen LogP contribution in [0.5, 0.6) is 5.75 Å². The monoisotopic (exact) mass is 407 g/mol. The molecule has 0 aliphatic heterocycles. The zero-order chi connectivity index (χ0) is 21.3. The van der Waals surface area contributed by atoms with Crippen LogP contribution >= 0.6 is 0 Å². The van der Waals surface area contributed by atoms with E-state index in [1.807, 2.05) is 30.5 Å². The largest absolute Gasteiger partial charge is 0.508 e. The Morgan fingerprint density at radius 1 is 1.13 bits per heavy atom. The zero-order valence-electron chi connectivity index (χ0n) is 16.7. The summed E-state index contributed by atoms with van der Waals surface area (Å²) in [5.74, 6) is 0.0942. The Bertz CT molecular complexity index is 1210. The molecule has 0 amide bonds. The van der Waals surface area contributed by atoms with Gasteiger partial charge >= 0.3 is 5.97 Å². The minimum atomic E-state index is -0.525. The Morgan fingerprint density at radius 2 is 1.97 bits per heavy atom. The van der Waals surface area contributed by atoms with Gasteiger partial charge in [-0.25, -0.2) is 0 Å². The van der Waals surface area contributed by atoms with Gasteiger partial charge in [-0.2, -0.15) is 0 Å². The van der Waals surface area contributed by atoms with Crippen LogP contribution in [-0.4, -0.2) is 28.0 Å². The van der Waals surface area contributed by atoms with Gasteiger partial charge in [-0.05, 0) is 44.2 Å². The minimum absolute atomic E-state index is 0.0252. The Kier molecular flexibility index (Phi) is 5.18. The SMILES string of the molecule is Cc1cc(C(=O)COC(=O)Cc2coc3cc(O)ccc23)c(C)n1Cc1ccco1. The van der Waals surface area contributed by atoms with E-state index in [0.29, 0.717) is 23.3 Å². The molecule has 0 bridgehead atoms. The molecule has 4 rings (SSSR count). The second kappa shape index (κ2) is 7.94. The average Bonchev–Trinajstić information content (AvgIpc) is 3.43. The summed E-state index contributed by atoms with van der Waals surface area (Å²) >= 11 is 0. The van der Waals surface area contributed by atoms with E-state index in [1.165, 1.54) is 18.4 Å². The average molecular weight is 407 g/mol. The molecule has 0 fully saturated rings. The number of aromatic nitrogens is 1. The summed E-state index contributed by atoms with van der Waals surface area (Å²) in [4.78, 5) is 24.9. The van der Waals surface area contributed by atoms with E-state index in [1.54, 1.807) is 18.4 Å². The Balaban J connectivity index is 1.40. The molecule has 3 aromatic heterocycles. The topological polar surface area (TPSA) is 94.8 Å². The summed E-state index contributed by atoms with van der Waals surface area (Å²) in [6.07, 6.45) is 3.04. The van der Waals surface area contributed by atoms with Crippen LogP contribution in [0.4, 0.5) is 0 Å². The molecular formula is C23H21NO6. The summed E-state index contributed by atoms with van der Waals surface area (Å²) in [5.41, 5.74) is 3.37. The molecule has 0 aliphatic carbocycles. The summed E-state index contributed by atoms with van der Waals surface area (Å²) in [6, 6.07) is 10.2. The molecular weight excluding hydrogens is 386 g/mol. The van der Waals surface area contributed by atoms with E-state index in [0.717, 1.165) is 22.5 Å². The number of hydrogen-bond donors (Lipinski definition) is 1. The molecule has 0 spiro atoms. The number of aryl methyl sites for hydroxylation is 1. The van der Waals surface area contributed by atoms with E-state index >= 15 is 0 Å². The standard InChI is InChI=1S/C23H21NO6/c1-14-8-20(15(2)24(14)11-18-4-3-7-28-18)21(26)13-30-23(27)9-16-12-29-22-10-17(25)5-6-19(16)22/h3-8,10,12,25H,9,11,13H2,1-2H3. The number of aromatic hydroxyl groups is 1. The molecule has 0 atom stereocenters. The molecule has 7 nitrogen and oxygen atoms in total. The van der Waals surface area contributed by atoms with Crippen molar-refractivity contribution in [3.05, 3.63) is 77.2 Å². The van der Waals surface area contributed by atoms with Crippen molar-refractivity contribution in [1.82, 2.24) is 4.57 Å². The van der Waals surface area contributed by atoms with Crippen LogP contribution in [0, 0.1) is 13.8 Å². The molecule has 4 aromatic rings. The summed E-state index contributed by atoms with van der Waals surface area (Å²) in [6.45, 7) is 3.97. The van der Waals surface area contributed by atoms with Crippen molar-refractivity contribution in [2.45, 2.75) is 26.8 Å². The molecule has 154 valence electrons. The van der Waals surface area contributed by atoms with Gasteiger partial charge < -0.3 is 23.2 Å². The van der Waals surface area contributed by atoms with Crippen molar-refractivity contribution < 1.29 is 28.3 Å². The highest BCUT2D eigenvalue weighted by Crippen LogP contribution is 2.25. The number of Topliss-reactive ketones (excluding diaryl/α,β-unsaturated/α-hetero) is 1. The molecule has 1 aromatic carbocycles. The van der Waals surface area contributed by atoms with E-state index in [4.69, 9.17) is 13.6 Å². The number of nitrogens with zero attached hydrogens (tertiary/aromatic N) is 1. The Hall–Kier alpha value is -3.74. The van der Waals surface area contributed by atoms with E-state index < -0.39 is 5.97 Å². The van der Waals surface area contributed by atoms with E-state index in [2.05, 4.69) is 0 Å². The number of furan rings is 2. The van der Waals surface area contributed by atoms with Crippen molar-refractivity contribution in [1.29, 1.82) is 0 Å². The normalized spacial score (nSPS) is 11.1. The van der Waals surface area contributed by atoms with Crippen LogP contribution in [-0.2, 0) is 22.5 Å². The maximum absolute atomic E-state index is 12.6. The predicted molar refractivity (Wildman–Crippen MR) is 109 cm³/mol. The van der Waals surface area contributed by atoms with Crippen LogP contribution in [0.15, 0.2) is 57.8 Å². The van der Waals surface area contributed by atoms with Crippen LogP contribution in [0.2, 0.25) is 0 Å². The Morgan fingerprint density at radius 3 is 2.73 bits per heavy atom. The molecule has 1 N–H and O–H groups in total. The van der Waals surface area contributed by atoms with Crippen LogP contribution in [0.3, 0.4) is 0 Å². The first kappa shape index (κ1) is 19.6. The number of carbonyl (C=O) groups excluding carboxylic acids is 2. The second-order valence-electron chi connectivity index (χ2n) is 7.15. The first-order valence-corrected chi connectivity index (χ1v) is 9.49. The quantitative estimate of drug-likeness (QED) is 0.365. The highest BCUT2D eigenvalue weighted by molar-refractivity contribution is 5.99. The number of hydrogen-bond acceptors (Lipinski definition) is 6. The Labute approximate surface area is 172 Å². The van der Waals surface area contributed by atoms with Crippen molar-refractivity contribution in [3.8, 4) is 5.75 Å². The molecule has 30 heavy (non-hydrogen) atoms. The number of carbonyl (C=O) groups is 2. The highest BCUT2D eigenvalue weighted by Gasteiger charge is 2.19. The third kappa shape index (κ3) is 3.87. The highest BCUT2D eigenvalue weighted by atomic mass is 16.5. The number of ether oxygens (including phenoxy) is 1. The molecule has 0 saturated carbocycles. The second-order valence-corrected chi connectivity index (χ2v) is 7.15. The van der Waals surface area contributed by atoms with Crippen LogP contribution in [0.25, 0.3) is 11.0 Å². The lowest BCUT2D eigenvalue weighted by atomic mass is 10.1. The number of benzene rings is 1. The molecule has 0 saturated heterocycles. The first-order chi connectivity index (χ1) is 14.4. The van der Waals surface area contributed by atoms with Gasteiger partial charge in [0.15, 0.2) is 6.61 Å². The van der Waals surface area contributed by atoms with Gasteiger partial charge in [0.05, 0.1) is 25.5 Å². The van der Waals surface area contributed by atoms with Gasteiger partial charge in [0.1, 0.15) is 17.1 Å². The molecule has 3 heterocycles. The maximum atomic E-state index is 12.6. The van der Waals surface area contributed by atoms with Crippen molar-refractivity contribution in [3.63, 3.8) is 0 Å². The van der Waals surface area contributed by atoms with Gasteiger partial charge in [0.25, 0.3) is 0 Å². The number of esters is 1.